The summed E-state index contributed by atoms with van der Waals surface area (Å²) < 4.78 is 7.68. The number of hydrogen-bond acceptors (Lipinski definition) is 5. The predicted molar refractivity (Wildman–Crippen MR) is 122 cm³/mol. The number of aliphatic carboxylic acids is 1. The number of amides is 1. The van der Waals surface area contributed by atoms with Crippen LogP contribution in [0.4, 0.5) is 0 Å². The van der Waals surface area contributed by atoms with E-state index in [1.54, 1.807) is 6.07 Å². The maximum atomic E-state index is 12.5. The highest BCUT2D eigenvalue weighted by Crippen LogP contribution is 2.41. The Labute approximate surface area is 183 Å². The van der Waals surface area contributed by atoms with Gasteiger partial charge in [0.15, 0.2) is 12.4 Å². The van der Waals surface area contributed by atoms with Crippen LogP contribution in [0.2, 0.25) is 0 Å². The molecule has 8 heteroatoms. The normalized spacial score (nSPS) is 11.6. The summed E-state index contributed by atoms with van der Waals surface area (Å²) in [6.45, 7) is 11.7. The molecular weight excluding hydrogens is 404 g/mol. The van der Waals surface area contributed by atoms with E-state index in [2.05, 4.69) is 50.6 Å². The van der Waals surface area contributed by atoms with Crippen LogP contribution < -0.4 is 10.5 Å². The SMILES string of the molecule is CC(=O)c1c(C)n(C(C)(C)CC(C)(C)CS)c2cccc(OCC(=O)O)c12.NC=O. The Morgan fingerprint density at radius 1 is 1.27 bits per heavy atom. The lowest BCUT2D eigenvalue weighted by atomic mass is 9.81. The molecule has 0 fully saturated rings. The van der Waals surface area contributed by atoms with Gasteiger partial charge in [0, 0.05) is 16.8 Å². The monoisotopic (exact) mass is 436 g/mol. The van der Waals surface area contributed by atoms with E-state index in [0.29, 0.717) is 16.7 Å². The Hall–Kier alpha value is -2.48. The van der Waals surface area contributed by atoms with E-state index >= 15 is 0 Å². The third-order valence-corrected chi connectivity index (χ3v) is 5.70. The van der Waals surface area contributed by atoms with Gasteiger partial charge in [0.1, 0.15) is 5.75 Å². The molecule has 7 nitrogen and oxygen atoms in total. The first-order valence-electron chi connectivity index (χ1n) is 9.59. The summed E-state index contributed by atoms with van der Waals surface area (Å²) in [7, 11) is 0. The number of carbonyl (C=O) groups excluding carboxylic acids is 2. The van der Waals surface area contributed by atoms with Crippen molar-refractivity contribution in [2.24, 2.45) is 11.1 Å². The number of nitrogens with two attached hydrogens (primary N) is 1. The van der Waals surface area contributed by atoms with Gasteiger partial charge in [-0.2, -0.15) is 12.6 Å². The van der Waals surface area contributed by atoms with Gasteiger partial charge in [-0.25, -0.2) is 4.79 Å². The first kappa shape index (κ1) is 25.6. The maximum Gasteiger partial charge on any atom is 0.341 e. The number of ketones is 1. The molecule has 166 valence electrons. The van der Waals surface area contributed by atoms with Gasteiger partial charge in [-0.15, -0.1) is 0 Å². The van der Waals surface area contributed by atoms with Crippen LogP contribution in [0.25, 0.3) is 10.9 Å². The van der Waals surface area contributed by atoms with Crippen molar-refractivity contribution < 1.29 is 24.2 Å². The van der Waals surface area contributed by atoms with Crippen LogP contribution in [0.3, 0.4) is 0 Å². The minimum atomic E-state index is -1.05. The molecule has 0 saturated carbocycles. The second-order valence-corrected chi connectivity index (χ2v) is 8.95. The minimum absolute atomic E-state index is 0.0173. The van der Waals surface area contributed by atoms with Crippen molar-refractivity contribution in [2.75, 3.05) is 12.4 Å². The number of hydrogen-bond donors (Lipinski definition) is 3. The van der Waals surface area contributed by atoms with Gasteiger partial charge in [-0.05, 0) is 57.4 Å². The topological polar surface area (TPSA) is 112 Å². The van der Waals surface area contributed by atoms with E-state index in [4.69, 9.17) is 14.6 Å². The lowest BCUT2D eigenvalue weighted by molar-refractivity contribution is -0.139. The van der Waals surface area contributed by atoms with Crippen LogP contribution in [-0.4, -0.2) is 40.2 Å². The van der Waals surface area contributed by atoms with Crippen molar-refractivity contribution in [2.45, 2.75) is 53.5 Å². The van der Waals surface area contributed by atoms with Gasteiger partial charge in [0.05, 0.1) is 10.9 Å². The van der Waals surface area contributed by atoms with E-state index in [1.165, 1.54) is 6.92 Å². The molecular formula is C22H32N2O5S. The van der Waals surface area contributed by atoms with Crippen LogP contribution in [0, 0.1) is 12.3 Å². The van der Waals surface area contributed by atoms with Crippen molar-refractivity contribution >= 4 is 41.7 Å². The van der Waals surface area contributed by atoms with Gasteiger partial charge in [-0.3, -0.25) is 9.59 Å². The average molecular weight is 437 g/mol. The highest BCUT2D eigenvalue weighted by molar-refractivity contribution is 7.80. The second kappa shape index (κ2) is 10.0. The molecule has 0 spiro atoms. The lowest BCUT2D eigenvalue weighted by Crippen LogP contribution is -2.34. The first-order valence-corrected chi connectivity index (χ1v) is 10.2. The number of rotatable bonds is 8. The number of carboxylic acids is 1. The van der Waals surface area contributed by atoms with Gasteiger partial charge in [-0.1, -0.05) is 19.9 Å². The zero-order valence-corrected chi connectivity index (χ0v) is 19.4. The number of aromatic nitrogens is 1. The third kappa shape index (κ3) is 5.78. The summed E-state index contributed by atoms with van der Waals surface area (Å²) in [5.74, 6) is 0.0581. The van der Waals surface area contributed by atoms with Crippen LogP contribution in [0.15, 0.2) is 18.2 Å². The summed E-state index contributed by atoms with van der Waals surface area (Å²) in [6.07, 6.45) is 1.12. The number of fused-ring (bicyclic) bond motifs is 1. The van der Waals surface area contributed by atoms with Crippen molar-refractivity contribution in [3.05, 3.63) is 29.5 Å². The highest BCUT2D eigenvalue weighted by atomic mass is 32.1. The van der Waals surface area contributed by atoms with Crippen molar-refractivity contribution in [3.63, 3.8) is 0 Å². The molecule has 30 heavy (non-hydrogen) atoms. The molecule has 2 aromatic rings. The Bertz CT molecular complexity index is 931. The summed E-state index contributed by atoms with van der Waals surface area (Å²) in [4.78, 5) is 32.0. The zero-order valence-electron chi connectivity index (χ0n) is 18.5. The minimum Gasteiger partial charge on any atom is -0.481 e. The second-order valence-electron chi connectivity index (χ2n) is 8.63. The highest BCUT2D eigenvalue weighted by Gasteiger charge is 2.33. The molecule has 1 aromatic heterocycles. The summed E-state index contributed by atoms with van der Waals surface area (Å²) in [6, 6.07) is 5.50. The van der Waals surface area contributed by atoms with Crippen LogP contribution in [0.5, 0.6) is 5.75 Å². The van der Waals surface area contributed by atoms with E-state index < -0.39 is 12.6 Å². The lowest BCUT2D eigenvalue weighted by Gasteiger charge is -2.37. The van der Waals surface area contributed by atoms with E-state index in [-0.39, 0.29) is 23.1 Å². The van der Waals surface area contributed by atoms with Gasteiger partial charge in [0.25, 0.3) is 0 Å². The molecule has 0 aliphatic carbocycles. The molecule has 0 saturated heterocycles. The Balaban J connectivity index is 0.00000141. The number of Topliss-reactive ketones (excluding diaryl/α,β-unsaturated/α-hetero) is 1. The molecule has 0 bridgehead atoms. The molecule has 2 rings (SSSR count). The van der Waals surface area contributed by atoms with Crippen molar-refractivity contribution in [1.29, 1.82) is 0 Å². The Morgan fingerprint density at radius 2 is 1.83 bits per heavy atom. The molecule has 0 radical (unpaired) electrons. The first-order chi connectivity index (χ1) is 13.8. The molecule has 0 atom stereocenters. The quantitative estimate of drug-likeness (QED) is 0.331. The molecule has 1 amide bonds. The predicted octanol–water partition coefficient (Wildman–Crippen LogP) is 3.80. The number of carboxylic acid groups (broad SMARTS) is 1. The van der Waals surface area contributed by atoms with Gasteiger partial charge >= 0.3 is 5.97 Å². The number of nitrogens with zero attached hydrogens (tertiary/aromatic N) is 1. The fraction of sp³-hybridized carbons (Fsp3) is 0.500. The van der Waals surface area contributed by atoms with Crippen LogP contribution in [-0.2, 0) is 15.1 Å². The largest absolute Gasteiger partial charge is 0.481 e. The number of primary amides is 1. The van der Waals surface area contributed by atoms with E-state index in [9.17, 15) is 9.59 Å². The van der Waals surface area contributed by atoms with Crippen molar-refractivity contribution in [1.82, 2.24) is 4.57 Å². The molecule has 3 N–H and O–H groups in total. The fourth-order valence-corrected chi connectivity index (χ4v) is 4.32. The van der Waals surface area contributed by atoms with Crippen LogP contribution in [0.1, 0.15) is 57.1 Å². The molecule has 0 aliphatic rings. The Morgan fingerprint density at radius 3 is 2.30 bits per heavy atom. The molecule has 1 aromatic carbocycles. The molecule has 1 heterocycles. The molecule has 0 aliphatic heterocycles. The number of ether oxygens (including phenoxy) is 1. The van der Waals surface area contributed by atoms with Crippen LogP contribution >= 0.6 is 12.6 Å². The average Bonchev–Trinajstić information content (AvgIpc) is 2.93. The fourth-order valence-electron chi connectivity index (χ4n) is 4.21. The summed E-state index contributed by atoms with van der Waals surface area (Å²) in [5, 5.41) is 9.65. The van der Waals surface area contributed by atoms with Gasteiger partial charge < -0.3 is 20.1 Å². The molecule has 0 unspecified atom stereocenters. The van der Waals surface area contributed by atoms with Gasteiger partial charge in [0.2, 0.25) is 6.41 Å². The summed E-state index contributed by atoms with van der Waals surface area (Å²) in [5.41, 5.74) is 6.24. The number of thiol groups is 1. The van der Waals surface area contributed by atoms with Crippen molar-refractivity contribution in [3.8, 4) is 5.75 Å². The standard InChI is InChI=1S/C21H29NO4S.CH3NO/c1-13-18(14(2)23)19-15(8-7-9-16(19)26-10-17(24)25)22(13)21(5,6)11-20(3,4)12-27;2-1-3/h7-9,27H,10-12H2,1-6H3,(H,24,25);1H,(H2,2,3). The zero-order chi connectivity index (χ0) is 23.3. The summed E-state index contributed by atoms with van der Waals surface area (Å²) >= 11 is 4.49. The number of benzene rings is 1. The Kier molecular flexibility index (Phi) is 8.53. The third-order valence-electron chi connectivity index (χ3n) is 4.84. The maximum absolute atomic E-state index is 12.5. The number of carbonyl (C=O) groups is 3. The van der Waals surface area contributed by atoms with E-state index in [0.717, 1.165) is 23.4 Å². The smallest absolute Gasteiger partial charge is 0.341 e. The van der Waals surface area contributed by atoms with E-state index in [1.807, 2.05) is 19.1 Å².